The van der Waals surface area contributed by atoms with Gasteiger partial charge in [0, 0.05) is 30.5 Å². The van der Waals surface area contributed by atoms with E-state index in [0.717, 1.165) is 11.4 Å². The van der Waals surface area contributed by atoms with Gasteiger partial charge in [0.15, 0.2) is 0 Å². The lowest BCUT2D eigenvalue weighted by Gasteiger charge is -2.24. The summed E-state index contributed by atoms with van der Waals surface area (Å²) in [6, 6.07) is 14.7. The molecule has 1 unspecified atom stereocenters. The number of halogens is 1. The minimum absolute atomic E-state index is 0.184. The molecule has 0 radical (unpaired) electrons. The summed E-state index contributed by atoms with van der Waals surface area (Å²) in [4.78, 5) is 20.8. The molecule has 2 aromatic rings. The second kappa shape index (κ2) is 7.07. The first-order valence-electron chi connectivity index (χ1n) is 8.05. The van der Waals surface area contributed by atoms with Crippen LogP contribution in [-0.2, 0) is 4.79 Å². The standard InChI is InChI=1S/C19H19ClN4O/c1-3-22-12-15-18(21)23(2)16-10-9-13(20)11-17(16)24(19(15)25)14-7-5-4-6-8-14/h4-12,15,21H,3H2,1-2H3. The first kappa shape index (κ1) is 17.2. The van der Waals surface area contributed by atoms with E-state index in [1.807, 2.05) is 43.3 Å². The van der Waals surface area contributed by atoms with Crippen LogP contribution >= 0.6 is 11.6 Å². The number of fused-ring (bicyclic) bond motifs is 1. The molecule has 0 spiro atoms. The molecule has 5 nitrogen and oxygen atoms in total. The molecule has 0 saturated carbocycles. The number of para-hydroxylation sites is 1. The first-order valence-corrected chi connectivity index (χ1v) is 8.43. The summed E-state index contributed by atoms with van der Waals surface area (Å²) in [5.74, 6) is -0.790. The number of hydrogen-bond acceptors (Lipinski definition) is 3. The van der Waals surface area contributed by atoms with Gasteiger partial charge in [-0.3, -0.25) is 20.1 Å². The molecule has 0 aliphatic carbocycles. The van der Waals surface area contributed by atoms with Crippen molar-refractivity contribution in [2.75, 3.05) is 23.4 Å². The van der Waals surface area contributed by atoms with Crippen LogP contribution in [0.15, 0.2) is 53.5 Å². The average molecular weight is 355 g/mol. The minimum Gasteiger partial charge on any atom is -0.331 e. The SMILES string of the molecule is CCN=CC1C(=N)N(C)c2ccc(Cl)cc2N(c2ccccc2)C1=O. The highest BCUT2D eigenvalue weighted by Gasteiger charge is 2.36. The van der Waals surface area contributed by atoms with E-state index in [4.69, 9.17) is 17.0 Å². The monoisotopic (exact) mass is 354 g/mol. The van der Waals surface area contributed by atoms with E-state index in [0.29, 0.717) is 17.3 Å². The minimum atomic E-state index is -0.753. The molecule has 1 heterocycles. The van der Waals surface area contributed by atoms with Gasteiger partial charge in [-0.2, -0.15) is 0 Å². The Kier molecular flexibility index (Phi) is 4.86. The Bertz CT molecular complexity index is 835. The number of amides is 1. The van der Waals surface area contributed by atoms with Crippen LogP contribution < -0.4 is 9.80 Å². The van der Waals surface area contributed by atoms with Crippen molar-refractivity contribution in [1.82, 2.24) is 0 Å². The molecule has 1 amide bonds. The van der Waals surface area contributed by atoms with Gasteiger partial charge in [-0.25, -0.2) is 0 Å². The number of benzene rings is 2. The van der Waals surface area contributed by atoms with Crippen LogP contribution in [0.1, 0.15) is 6.92 Å². The van der Waals surface area contributed by atoms with Crippen molar-refractivity contribution in [2.45, 2.75) is 6.92 Å². The van der Waals surface area contributed by atoms with Gasteiger partial charge in [0.2, 0.25) is 5.91 Å². The topological polar surface area (TPSA) is 59.8 Å². The van der Waals surface area contributed by atoms with Crippen molar-refractivity contribution in [1.29, 1.82) is 5.41 Å². The van der Waals surface area contributed by atoms with Crippen molar-refractivity contribution >= 4 is 46.6 Å². The van der Waals surface area contributed by atoms with Crippen LogP contribution in [-0.4, -0.2) is 31.5 Å². The normalized spacial score (nSPS) is 17.8. The fraction of sp³-hybridized carbons (Fsp3) is 0.211. The molecule has 0 saturated heterocycles. The fourth-order valence-electron chi connectivity index (χ4n) is 2.86. The molecule has 2 aromatic carbocycles. The Hall–Kier alpha value is -2.66. The van der Waals surface area contributed by atoms with Crippen molar-refractivity contribution in [3.63, 3.8) is 0 Å². The third kappa shape index (κ3) is 3.15. The lowest BCUT2D eigenvalue weighted by atomic mass is 10.1. The van der Waals surface area contributed by atoms with Gasteiger partial charge in [-0.1, -0.05) is 29.8 Å². The van der Waals surface area contributed by atoms with E-state index in [1.165, 1.54) is 0 Å². The molecular weight excluding hydrogens is 336 g/mol. The largest absolute Gasteiger partial charge is 0.331 e. The van der Waals surface area contributed by atoms with Crippen LogP contribution in [0.4, 0.5) is 17.1 Å². The molecule has 0 fully saturated rings. The van der Waals surface area contributed by atoms with Gasteiger partial charge in [-0.15, -0.1) is 0 Å². The Morgan fingerprint density at radius 1 is 1.20 bits per heavy atom. The predicted molar refractivity (Wildman–Crippen MR) is 104 cm³/mol. The van der Waals surface area contributed by atoms with Crippen molar-refractivity contribution in [3.8, 4) is 0 Å². The maximum Gasteiger partial charge on any atom is 0.247 e. The summed E-state index contributed by atoms with van der Waals surface area (Å²) >= 11 is 6.20. The summed E-state index contributed by atoms with van der Waals surface area (Å²) in [5.41, 5.74) is 2.14. The quantitative estimate of drug-likeness (QED) is 0.842. The number of aliphatic imine (C=N–C) groups is 1. The molecule has 1 N–H and O–H groups in total. The average Bonchev–Trinajstić information content (AvgIpc) is 2.69. The molecule has 6 heteroatoms. The maximum absolute atomic E-state index is 13.3. The smallest absolute Gasteiger partial charge is 0.247 e. The van der Waals surface area contributed by atoms with Crippen molar-refractivity contribution in [3.05, 3.63) is 53.6 Å². The summed E-state index contributed by atoms with van der Waals surface area (Å²) < 4.78 is 0. The van der Waals surface area contributed by atoms with Gasteiger partial charge in [0.05, 0.1) is 11.4 Å². The third-order valence-electron chi connectivity index (χ3n) is 4.13. The summed E-state index contributed by atoms with van der Waals surface area (Å²) in [6.45, 7) is 2.46. The van der Waals surface area contributed by atoms with Crippen LogP contribution in [0.3, 0.4) is 0 Å². The Balaban J connectivity index is 2.24. The molecule has 25 heavy (non-hydrogen) atoms. The van der Waals surface area contributed by atoms with Gasteiger partial charge in [-0.05, 0) is 37.3 Å². The van der Waals surface area contributed by atoms with Gasteiger partial charge < -0.3 is 4.90 Å². The second-order valence-corrected chi connectivity index (χ2v) is 6.15. The van der Waals surface area contributed by atoms with Gasteiger partial charge in [0.1, 0.15) is 11.8 Å². The van der Waals surface area contributed by atoms with Crippen LogP contribution in [0.2, 0.25) is 5.02 Å². The lowest BCUT2D eigenvalue weighted by molar-refractivity contribution is -0.118. The van der Waals surface area contributed by atoms with E-state index in [2.05, 4.69) is 4.99 Å². The molecule has 0 aromatic heterocycles. The summed E-state index contributed by atoms with van der Waals surface area (Å²) in [5, 5.41) is 9.03. The number of rotatable bonds is 3. The highest BCUT2D eigenvalue weighted by molar-refractivity contribution is 6.32. The number of amidine groups is 1. The Morgan fingerprint density at radius 3 is 2.60 bits per heavy atom. The number of carbonyl (C=O) groups is 1. The zero-order chi connectivity index (χ0) is 18.0. The van der Waals surface area contributed by atoms with Crippen LogP contribution in [0.25, 0.3) is 0 Å². The van der Waals surface area contributed by atoms with Gasteiger partial charge in [0.25, 0.3) is 0 Å². The predicted octanol–water partition coefficient (Wildman–Crippen LogP) is 4.14. The molecule has 1 aliphatic heterocycles. The molecule has 1 aliphatic rings. The number of carbonyl (C=O) groups excluding carboxylic acids is 1. The number of hydrogen-bond donors (Lipinski definition) is 1. The first-order chi connectivity index (χ1) is 12.0. The second-order valence-electron chi connectivity index (χ2n) is 5.71. The van der Waals surface area contributed by atoms with E-state index in [1.54, 1.807) is 35.2 Å². The van der Waals surface area contributed by atoms with Crippen molar-refractivity contribution in [2.24, 2.45) is 10.9 Å². The van der Waals surface area contributed by atoms with E-state index in [-0.39, 0.29) is 11.7 Å². The maximum atomic E-state index is 13.3. The third-order valence-corrected chi connectivity index (χ3v) is 4.37. The Labute approximate surface area is 152 Å². The van der Waals surface area contributed by atoms with E-state index < -0.39 is 5.92 Å². The summed E-state index contributed by atoms with van der Waals surface area (Å²) in [6.07, 6.45) is 1.56. The molecule has 128 valence electrons. The van der Waals surface area contributed by atoms with E-state index >= 15 is 0 Å². The van der Waals surface area contributed by atoms with Crippen molar-refractivity contribution < 1.29 is 4.79 Å². The Morgan fingerprint density at radius 2 is 1.92 bits per heavy atom. The molecule has 0 bridgehead atoms. The zero-order valence-corrected chi connectivity index (χ0v) is 14.9. The molecule has 1 atom stereocenters. The van der Waals surface area contributed by atoms with Crippen LogP contribution in [0, 0.1) is 11.3 Å². The van der Waals surface area contributed by atoms with E-state index in [9.17, 15) is 4.79 Å². The highest BCUT2D eigenvalue weighted by atomic mass is 35.5. The zero-order valence-electron chi connectivity index (χ0n) is 14.1. The number of nitrogens with one attached hydrogen (secondary N) is 1. The van der Waals surface area contributed by atoms with Crippen LogP contribution in [0.5, 0.6) is 0 Å². The molecule has 3 rings (SSSR count). The number of anilines is 3. The fourth-order valence-corrected chi connectivity index (χ4v) is 3.03. The molecular formula is C19H19ClN4O. The highest BCUT2D eigenvalue weighted by Crippen LogP contribution is 2.39. The number of nitrogens with zero attached hydrogens (tertiary/aromatic N) is 3. The lowest BCUT2D eigenvalue weighted by Crippen LogP contribution is -2.39. The summed E-state index contributed by atoms with van der Waals surface area (Å²) in [7, 11) is 1.78. The van der Waals surface area contributed by atoms with Gasteiger partial charge >= 0.3 is 0 Å².